The SMILES string of the molecule is CCNCc1sc(N(C)CC)nc1C(C)C. The van der Waals surface area contributed by atoms with Gasteiger partial charge in [-0.05, 0) is 19.4 Å². The van der Waals surface area contributed by atoms with Crippen molar-refractivity contribution in [3.63, 3.8) is 0 Å². The second kappa shape index (κ2) is 6.21. The van der Waals surface area contributed by atoms with Crippen molar-refractivity contribution in [3.05, 3.63) is 10.6 Å². The zero-order valence-electron chi connectivity index (χ0n) is 11.0. The fourth-order valence-electron chi connectivity index (χ4n) is 1.47. The predicted octanol–water partition coefficient (Wildman–Crippen LogP) is 2.83. The molecule has 0 aliphatic rings. The van der Waals surface area contributed by atoms with Crippen LogP contribution in [0, 0.1) is 0 Å². The van der Waals surface area contributed by atoms with E-state index in [1.54, 1.807) is 0 Å². The molecule has 92 valence electrons. The van der Waals surface area contributed by atoms with E-state index in [4.69, 9.17) is 4.98 Å². The Morgan fingerprint density at radius 2 is 2.06 bits per heavy atom. The van der Waals surface area contributed by atoms with Gasteiger partial charge in [-0.25, -0.2) is 4.98 Å². The minimum absolute atomic E-state index is 0.504. The minimum Gasteiger partial charge on any atom is -0.351 e. The van der Waals surface area contributed by atoms with E-state index in [0.717, 1.165) is 24.8 Å². The summed E-state index contributed by atoms with van der Waals surface area (Å²) in [6.45, 7) is 11.7. The second-order valence-corrected chi connectivity index (χ2v) is 5.32. The topological polar surface area (TPSA) is 28.2 Å². The summed E-state index contributed by atoms with van der Waals surface area (Å²) in [5, 5.41) is 4.52. The quantitative estimate of drug-likeness (QED) is 0.830. The number of anilines is 1. The van der Waals surface area contributed by atoms with Crippen LogP contribution in [0.3, 0.4) is 0 Å². The molecule has 16 heavy (non-hydrogen) atoms. The van der Waals surface area contributed by atoms with Gasteiger partial charge in [-0.2, -0.15) is 0 Å². The molecular weight excluding hydrogens is 218 g/mol. The maximum atomic E-state index is 4.74. The summed E-state index contributed by atoms with van der Waals surface area (Å²) in [6.07, 6.45) is 0. The van der Waals surface area contributed by atoms with Crippen LogP contribution in [0.5, 0.6) is 0 Å². The molecule has 0 saturated carbocycles. The third-order valence-electron chi connectivity index (χ3n) is 2.60. The average molecular weight is 241 g/mol. The van der Waals surface area contributed by atoms with Gasteiger partial charge >= 0.3 is 0 Å². The Kier molecular flexibility index (Phi) is 5.22. The molecule has 0 amide bonds. The van der Waals surface area contributed by atoms with Crippen LogP contribution in [-0.2, 0) is 6.54 Å². The van der Waals surface area contributed by atoms with Crippen LogP contribution in [0.1, 0.15) is 44.2 Å². The van der Waals surface area contributed by atoms with Crippen molar-refractivity contribution >= 4 is 16.5 Å². The van der Waals surface area contributed by atoms with Crippen LogP contribution in [0.4, 0.5) is 5.13 Å². The van der Waals surface area contributed by atoms with Gasteiger partial charge in [0, 0.05) is 25.0 Å². The van der Waals surface area contributed by atoms with Crippen LogP contribution >= 0.6 is 11.3 Å². The average Bonchev–Trinajstić information content (AvgIpc) is 2.69. The van der Waals surface area contributed by atoms with Crippen molar-refractivity contribution in [2.24, 2.45) is 0 Å². The first-order chi connectivity index (χ1) is 7.60. The highest BCUT2D eigenvalue weighted by Crippen LogP contribution is 2.30. The van der Waals surface area contributed by atoms with Crippen LogP contribution in [0.15, 0.2) is 0 Å². The zero-order valence-corrected chi connectivity index (χ0v) is 11.8. The van der Waals surface area contributed by atoms with Gasteiger partial charge in [0.2, 0.25) is 0 Å². The lowest BCUT2D eigenvalue weighted by Gasteiger charge is -2.11. The van der Waals surface area contributed by atoms with Gasteiger partial charge in [0.1, 0.15) is 0 Å². The Morgan fingerprint density at radius 1 is 1.38 bits per heavy atom. The lowest BCUT2D eigenvalue weighted by Crippen LogP contribution is -2.15. The number of nitrogens with zero attached hydrogens (tertiary/aromatic N) is 2. The first-order valence-electron chi connectivity index (χ1n) is 6.01. The fourth-order valence-corrected chi connectivity index (χ4v) is 2.67. The molecule has 0 spiro atoms. The molecule has 0 aliphatic heterocycles. The summed E-state index contributed by atoms with van der Waals surface area (Å²) in [6, 6.07) is 0. The van der Waals surface area contributed by atoms with E-state index in [9.17, 15) is 0 Å². The maximum Gasteiger partial charge on any atom is 0.185 e. The monoisotopic (exact) mass is 241 g/mol. The number of rotatable bonds is 6. The van der Waals surface area contributed by atoms with E-state index in [1.165, 1.54) is 10.6 Å². The highest BCUT2D eigenvalue weighted by atomic mass is 32.1. The van der Waals surface area contributed by atoms with E-state index >= 15 is 0 Å². The van der Waals surface area contributed by atoms with Crippen LogP contribution < -0.4 is 10.2 Å². The van der Waals surface area contributed by atoms with E-state index < -0.39 is 0 Å². The van der Waals surface area contributed by atoms with Crippen LogP contribution in [0.2, 0.25) is 0 Å². The van der Waals surface area contributed by atoms with Gasteiger partial charge in [-0.1, -0.05) is 20.8 Å². The Morgan fingerprint density at radius 3 is 2.56 bits per heavy atom. The molecule has 0 aromatic carbocycles. The molecule has 0 aliphatic carbocycles. The molecule has 3 nitrogen and oxygen atoms in total. The summed E-state index contributed by atoms with van der Waals surface area (Å²) in [7, 11) is 2.10. The lowest BCUT2D eigenvalue weighted by molar-refractivity contribution is 0.714. The molecule has 0 bridgehead atoms. The van der Waals surface area contributed by atoms with Gasteiger partial charge in [-0.15, -0.1) is 11.3 Å². The molecule has 0 fully saturated rings. The van der Waals surface area contributed by atoms with E-state index in [1.807, 2.05) is 11.3 Å². The van der Waals surface area contributed by atoms with Crippen molar-refractivity contribution in [2.75, 3.05) is 25.0 Å². The van der Waals surface area contributed by atoms with Gasteiger partial charge in [0.15, 0.2) is 5.13 Å². The Hall–Kier alpha value is -0.610. The van der Waals surface area contributed by atoms with E-state index in [-0.39, 0.29) is 0 Å². The van der Waals surface area contributed by atoms with Gasteiger partial charge in [0.25, 0.3) is 0 Å². The van der Waals surface area contributed by atoms with Crippen molar-refractivity contribution in [3.8, 4) is 0 Å². The second-order valence-electron chi connectivity index (χ2n) is 4.25. The first kappa shape index (κ1) is 13.5. The van der Waals surface area contributed by atoms with Crippen molar-refractivity contribution in [2.45, 2.75) is 40.2 Å². The molecule has 4 heteroatoms. The molecule has 0 atom stereocenters. The largest absolute Gasteiger partial charge is 0.351 e. The normalized spacial score (nSPS) is 11.1. The van der Waals surface area contributed by atoms with Crippen molar-refractivity contribution < 1.29 is 0 Å². The Labute approximate surface area is 103 Å². The number of nitrogens with one attached hydrogen (secondary N) is 1. The van der Waals surface area contributed by atoms with Gasteiger partial charge < -0.3 is 10.2 Å². The molecule has 0 unspecified atom stereocenters. The van der Waals surface area contributed by atoms with Crippen LogP contribution in [0.25, 0.3) is 0 Å². The number of thiazole rings is 1. The Balaban J connectivity index is 2.90. The maximum absolute atomic E-state index is 4.74. The summed E-state index contributed by atoms with van der Waals surface area (Å²) in [5.74, 6) is 0.504. The summed E-state index contributed by atoms with van der Waals surface area (Å²) >= 11 is 1.81. The molecule has 1 aromatic heterocycles. The molecule has 0 radical (unpaired) electrons. The molecular formula is C12H23N3S. The number of hydrogen-bond acceptors (Lipinski definition) is 4. The smallest absolute Gasteiger partial charge is 0.185 e. The van der Waals surface area contributed by atoms with Gasteiger partial charge in [0.05, 0.1) is 5.69 Å². The standard InChI is InChI=1S/C12H23N3S/c1-6-13-8-10-11(9(3)4)14-12(16-10)15(5)7-2/h9,13H,6-8H2,1-5H3. The number of aromatic nitrogens is 1. The van der Waals surface area contributed by atoms with Crippen molar-refractivity contribution in [1.29, 1.82) is 0 Å². The zero-order chi connectivity index (χ0) is 12.1. The number of hydrogen-bond donors (Lipinski definition) is 1. The minimum atomic E-state index is 0.504. The van der Waals surface area contributed by atoms with E-state index in [2.05, 4.69) is 45.0 Å². The molecule has 1 rings (SSSR count). The third kappa shape index (κ3) is 3.19. The van der Waals surface area contributed by atoms with E-state index in [0.29, 0.717) is 5.92 Å². The summed E-state index contributed by atoms with van der Waals surface area (Å²) in [5.41, 5.74) is 1.25. The fraction of sp³-hybridized carbons (Fsp3) is 0.750. The summed E-state index contributed by atoms with van der Waals surface area (Å²) in [4.78, 5) is 8.32. The summed E-state index contributed by atoms with van der Waals surface area (Å²) < 4.78 is 0. The third-order valence-corrected chi connectivity index (χ3v) is 3.79. The van der Waals surface area contributed by atoms with Gasteiger partial charge in [-0.3, -0.25) is 0 Å². The molecule has 0 saturated heterocycles. The molecule has 1 heterocycles. The molecule has 1 aromatic rings. The highest BCUT2D eigenvalue weighted by Gasteiger charge is 2.15. The highest BCUT2D eigenvalue weighted by molar-refractivity contribution is 7.15. The first-order valence-corrected chi connectivity index (χ1v) is 6.83. The van der Waals surface area contributed by atoms with Crippen LogP contribution in [-0.4, -0.2) is 25.1 Å². The molecule has 1 N–H and O–H groups in total. The van der Waals surface area contributed by atoms with Crippen molar-refractivity contribution in [1.82, 2.24) is 10.3 Å². The predicted molar refractivity (Wildman–Crippen MR) is 72.5 cm³/mol. The lowest BCUT2D eigenvalue weighted by atomic mass is 10.1. The Bertz CT molecular complexity index is 320.